The van der Waals surface area contributed by atoms with Gasteiger partial charge in [0.15, 0.2) is 7.85 Å². The Morgan fingerprint density at radius 2 is 2.57 bits per heavy atom. The average molecular weight is 95.9 g/mol. The van der Waals surface area contributed by atoms with E-state index in [1.165, 1.54) is 0 Å². The zero-order chi connectivity index (χ0) is 5.28. The molecule has 0 aromatic carbocycles. The van der Waals surface area contributed by atoms with Crippen LogP contribution in [-0.4, -0.2) is 23.2 Å². The minimum absolute atomic E-state index is 0.0532. The van der Waals surface area contributed by atoms with E-state index in [9.17, 15) is 0 Å². The Labute approximate surface area is 41.8 Å². The van der Waals surface area contributed by atoms with Crippen molar-refractivity contribution in [3.8, 4) is 5.88 Å². The summed E-state index contributed by atoms with van der Waals surface area (Å²) in [5.74, 6) is 0.0532. The number of hydrogen-bond donors (Lipinski definition) is 2. The van der Waals surface area contributed by atoms with Crippen molar-refractivity contribution in [2.24, 2.45) is 0 Å². The summed E-state index contributed by atoms with van der Waals surface area (Å²) >= 11 is 0. The SMILES string of the molecule is Bc1cc(O)n[nH]1. The Bertz CT molecular complexity index is 145. The summed E-state index contributed by atoms with van der Waals surface area (Å²) in [5, 5.41) is 14.5. The second-order valence-corrected chi connectivity index (χ2v) is 1.41. The van der Waals surface area contributed by atoms with Crippen molar-refractivity contribution in [2.75, 3.05) is 0 Å². The maximum atomic E-state index is 8.51. The van der Waals surface area contributed by atoms with Crippen molar-refractivity contribution in [2.45, 2.75) is 0 Å². The van der Waals surface area contributed by atoms with Crippen molar-refractivity contribution < 1.29 is 5.11 Å². The van der Waals surface area contributed by atoms with Crippen LogP contribution < -0.4 is 5.59 Å². The summed E-state index contributed by atoms with van der Waals surface area (Å²) in [6.07, 6.45) is 0. The number of nitrogens with zero attached hydrogens (tertiary/aromatic N) is 1. The van der Waals surface area contributed by atoms with Gasteiger partial charge >= 0.3 is 0 Å². The Hall–Kier alpha value is -0.925. The van der Waals surface area contributed by atoms with E-state index in [2.05, 4.69) is 10.2 Å². The molecule has 0 unspecified atom stereocenters. The maximum Gasteiger partial charge on any atom is 0.229 e. The van der Waals surface area contributed by atoms with E-state index in [1.54, 1.807) is 6.07 Å². The first-order valence-electron chi connectivity index (χ1n) is 2.00. The molecule has 1 rings (SSSR count). The van der Waals surface area contributed by atoms with Crippen LogP contribution in [0.25, 0.3) is 0 Å². The smallest absolute Gasteiger partial charge is 0.229 e. The molecule has 0 aliphatic carbocycles. The van der Waals surface area contributed by atoms with Crippen LogP contribution >= 0.6 is 0 Å². The van der Waals surface area contributed by atoms with Crippen molar-refractivity contribution in [1.82, 2.24) is 10.2 Å². The monoisotopic (exact) mass is 96.0 g/mol. The molecule has 36 valence electrons. The van der Waals surface area contributed by atoms with E-state index in [-0.39, 0.29) is 5.88 Å². The first-order valence-corrected chi connectivity index (χ1v) is 2.00. The molecule has 0 saturated carbocycles. The third kappa shape index (κ3) is 0.736. The van der Waals surface area contributed by atoms with Crippen LogP contribution in [0.15, 0.2) is 6.07 Å². The van der Waals surface area contributed by atoms with Crippen molar-refractivity contribution in [1.29, 1.82) is 0 Å². The standard InChI is InChI=1S/C3H5BN2O/c4-2-1-3(7)6-5-2/h1H,4H2,(H2,5,6,7). The molecular formula is C3H5BN2O. The number of aromatic amines is 1. The van der Waals surface area contributed by atoms with Crippen LogP contribution in [0.2, 0.25) is 0 Å². The van der Waals surface area contributed by atoms with Gasteiger partial charge < -0.3 is 5.11 Å². The molecule has 0 bridgehead atoms. The number of nitrogens with one attached hydrogen (secondary N) is 1. The van der Waals surface area contributed by atoms with Crippen LogP contribution in [0.1, 0.15) is 0 Å². The van der Waals surface area contributed by atoms with Crippen LogP contribution in [0, 0.1) is 0 Å². The summed E-state index contributed by atoms with van der Waals surface area (Å²) in [5.41, 5.74) is 0.873. The fourth-order valence-electron chi connectivity index (χ4n) is 0.404. The number of rotatable bonds is 0. The largest absolute Gasteiger partial charge is 0.492 e. The number of H-pyrrole nitrogens is 1. The minimum atomic E-state index is 0.0532. The Morgan fingerprint density at radius 1 is 1.86 bits per heavy atom. The Morgan fingerprint density at radius 3 is 2.71 bits per heavy atom. The summed E-state index contributed by atoms with van der Waals surface area (Å²) in [6, 6.07) is 1.56. The quantitative estimate of drug-likeness (QED) is 0.381. The highest BCUT2D eigenvalue weighted by molar-refractivity contribution is 6.30. The molecule has 1 aromatic heterocycles. The minimum Gasteiger partial charge on any atom is -0.492 e. The highest BCUT2D eigenvalue weighted by Crippen LogP contribution is 1.92. The summed E-state index contributed by atoms with van der Waals surface area (Å²) in [4.78, 5) is 0. The van der Waals surface area contributed by atoms with Gasteiger partial charge in [-0.1, -0.05) is 0 Å². The zero-order valence-corrected chi connectivity index (χ0v) is 3.97. The van der Waals surface area contributed by atoms with Gasteiger partial charge in [-0.2, -0.15) is 0 Å². The molecule has 3 nitrogen and oxygen atoms in total. The molecule has 0 amide bonds. The van der Waals surface area contributed by atoms with Gasteiger partial charge in [-0.3, -0.25) is 5.10 Å². The van der Waals surface area contributed by atoms with Gasteiger partial charge in [0.25, 0.3) is 0 Å². The molecule has 4 heteroatoms. The fraction of sp³-hybridized carbons (Fsp3) is 0. The predicted molar refractivity (Wildman–Crippen MR) is 28.4 cm³/mol. The van der Waals surface area contributed by atoms with Gasteiger partial charge in [0.2, 0.25) is 5.88 Å². The van der Waals surface area contributed by atoms with Gasteiger partial charge in [-0.15, -0.1) is 5.10 Å². The number of hydrogen-bond acceptors (Lipinski definition) is 2. The summed E-state index contributed by atoms with van der Waals surface area (Å²) < 4.78 is 0. The van der Waals surface area contributed by atoms with Crippen LogP contribution in [0.5, 0.6) is 5.88 Å². The van der Waals surface area contributed by atoms with Gasteiger partial charge in [-0.25, -0.2) is 0 Å². The lowest BCUT2D eigenvalue weighted by Gasteiger charge is -1.67. The average Bonchev–Trinajstić information content (AvgIpc) is 1.87. The maximum absolute atomic E-state index is 8.51. The highest BCUT2D eigenvalue weighted by Gasteiger charge is 1.87. The van der Waals surface area contributed by atoms with Crippen molar-refractivity contribution in [3.63, 3.8) is 0 Å². The second-order valence-electron chi connectivity index (χ2n) is 1.41. The van der Waals surface area contributed by atoms with Crippen LogP contribution in [0.3, 0.4) is 0 Å². The third-order valence-electron chi connectivity index (χ3n) is 0.692. The van der Waals surface area contributed by atoms with Gasteiger partial charge in [0.1, 0.15) is 0 Å². The normalized spacial score (nSPS) is 9.14. The molecule has 2 N–H and O–H groups in total. The topological polar surface area (TPSA) is 48.9 Å². The van der Waals surface area contributed by atoms with Crippen molar-refractivity contribution in [3.05, 3.63) is 6.07 Å². The highest BCUT2D eigenvalue weighted by atomic mass is 16.3. The summed E-state index contributed by atoms with van der Waals surface area (Å²) in [7, 11) is 1.83. The summed E-state index contributed by atoms with van der Waals surface area (Å²) in [6.45, 7) is 0. The second kappa shape index (κ2) is 1.29. The molecule has 0 aliphatic heterocycles. The van der Waals surface area contributed by atoms with E-state index in [1.807, 2.05) is 7.85 Å². The fourth-order valence-corrected chi connectivity index (χ4v) is 0.404. The molecule has 1 aromatic rings. The molecule has 0 atom stereocenters. The van der Waals surface area contributed by atoms with E-state index >= 15 is 0 Å². The first-order chi connectivity index (χ1) is 3.29. The molecule has 0 saturated heterocycles. The van der Waals surface area contributed by atoms with E-state index < -0.39 is 0 Å². The van der Waals surface area contributed by atoms with Gasteiger partial charge in [-0.05, 0) is 5.59 Å². The molecular weight excluding hydrogens is 90.9 g/mol. The molecule has 0 fully saturated rings. The molecule has 0 radical (unpaired) electrons. The van der Waals surface area contributed by atoms with E-state index in [0.29, 0.717) is 0 Å². The van der Waals surface area contributed by atoms with E-state index in [0.717, 1.165) is 5.59 Å². The third-order valence-corrected chi connectivity index (χ3v) is 0.692. The molecule has 0 spiro atoms. The van der Waals surface area contributed by atoms with Gasteiger partial charge in [0.05, 0.1) is 0 Å². The number of aromatic nitrogens is 2. The molecule has 0 aliphatic rings. The molecule has 1 heterocycles. The van der Waals surface area contributed by atoms with E-state index in [4.69, 9.17) is 5.11 Å². The zero-order valence-electron chi connectivity index (χ0n) is 3.97. The van der Waals surface area contributed by atoms with Crippen molar-refractivity contribution >= 4 is 13.4 Å². The Balaban J connectivity index is 3.04. The predicted octanol–water partition coefficient (Wildman–Crippen LogP) is -1.63. The lowest BCUT2D eigenvalue weighted by atomic mass is 10.1. The first kappa shape index (κ1) is 4.24. The lowest BCUT2D eigenvalue weighted by molar-refractivity contribution is 0.452. The molecule has 7 heavy (non-hydrogen) atoms. The lowest BCUT2D eigenvalue weighted by Crippen LogP contribution is -2.00. The van der Waals surface area contributed by atoms with Crippen LogP contribution in [0.4, 0.5) is 0 Å². The van der Waals surface area contributed by atoms with Gasteiger partial charge in [0, 0.05) is 6.07 Å². The van der Waals surface area contributed by atoms with Crippen LogP contribution in [-0.2, 0) is 0 Å². The Kier molecular flexibility index (Phi) is 0.783. The number of aromatic hydroxyl groups is 1.